The van der Waals surface area contributed by atoms with E-state index in [0.717, 1.165) is 19.2 Å². The molecule has 2 aromatic rings. The van der Waals surface area contributed by atoms with Gasteiger partial charge in [-0.3, -0.25) is 11.3 Å². The molecule has 0 radical (unpaired) electrons. The van der Waals surface area contributed by atoms with E-state index < -0.39 is 5.82 Å². The molecule has 2 rings (SSSR count). The van der Waals surface area contributed by atoms with Crippen molar-refractivity contribution in [3.63, 3.8) is 0 Å². The van der Waals surface area contributed by atoms with E-state index in [2.05, 4.69) is 43.9 Å². The van der Waals surface area contributed by atoms with Gasteiger partial charge in [0.15, 0.2) is 0 Å². The number of nitrogens with one attached hydrogen (secondary N) is 1. The average Bonchev–Trinajstić information content (AvgIpc) is 2.43. The highest BCUT2D eigenvalue weighted by atomic mass is 127. The smallest absolute Gasteiger partial charge is 0.142 e. The molecule has 20 heavy (non-hydrogen) atoms. The van der Waals surface area contributed by atoms with Crippen LogP contribution in [0.3, 0.4) is 0 Å². The van der Waals surface area contributed by atoms with Crippen molar-refractivity contribution in [2.75, 3.05) is 0 Å². The van der Waals surface area contributed by atoms with Gasteiger partial charge in [0.2, 0.25) is 0 Å². The van der Waals surface area contributed by atoms with Crippen LogP contribution in [-0.4, -0.2) is 0 Å². The highest BCUT2D eigenvalue weighted by Gasteiger charge is 2.15. The van der Waals surface area contributed by atoms with E-state index in [1.807, 2.05) is 18.2 Å². The molecule has 0 aliphatic rings. The van der Waals surface area contributed by atoms with Gasteiger partial charge >= 0.3 is 0 Å². The molecule has 106 valence electrons. The molecule has 6 heteroatoms. The van der Waals surface area contributed by atoms with Crippen LogP contribution in [0.4, 0.5) is 4.39 Å². The molecule has 2 nitrogen and oxygen atoms in total. The number of rotatable bonds is 4. The fourth-order valence-corrected chi connectivity index (χ4v) is 3.10. The SMILES string of the molecule is NNC(Cc1ccc(Cl)c(F)c1)c1cc(I)ccc1Br. The summed E-state index contributed by atoms with van der Waals surface area (Å²) in [5.41, 5.74) is 4.65. The lowest BCUT2D eigenvalue weighted by atomic mass is 9.99. The standard InChI is InChI=1S/C14H12BrClFIN2/c15-11-3-2-9(18)7-10(11)14(20-19)6-8-1-4-12(16)13(17)5-8/h1-5,7,14,20H,6,19H2. The van der Waals surface area contributed by atoms with E-state index in [0.29, 0.717) is 6.42 Å². The lowest BCUT2D eigenvalue weighted by Crippen LogP contribution is -2.30. The molecule has 2 aromatic carbocycles. The average molecular weight is 470 g/mol. The van der Waals surface area contributed by atoms with Crippen molar-refractivity contribution in [1.29, 1.82) is 0 Å². The van der Waals surface area contributed by atoms with Crippen LogP contribution >= 0.6 is 50.1 Å². The molecule has 0 bridgehead atoms. The molecule has 1 unspecified atom stereocenters. The molecule has 0 saturated heterocycles. The summed E-state index contributed by atoms with van der Waals surface area (Å²) in [4.78, 5) is 0. The number of benzene rings is 2. The molecule has 0 aliphatic heterocycles. The van der Waals surface area contributed by atoms with Gasteiger partial charge in [-0.15, -0.1) is 0 Å². The first kappa shape index (κ1) is 16.2. The predicted molar refractivity (Wildman–Crippen MR) is 92.0 cm³/mol. The molecular weight excluding hydrogens is 457 g/mol. The maximum Gasteiger partial charge on any atom is 0.142 e. The van der Waals surface area contributed by atoms with Gasteiger partial charge in [-0.2, -0.15) is 0 Å². The Morgan fingerprint density at radius 2 is 2.05 bits per heavy atom. The quantitative estimate of drug-likeness (QED) is 0.391. The normalized spacial score (nSPS) is 12.4. The molecule has 3 N–H and O–H groups in total. The van der Waals surface area contributed by atoms with Gasteiger partial charge in [0.05, 0.1) is 11.1 Å². The Balaban J connectivity index is 2.28. The fraction of sp³-hybridized carbons (Fsp3) is 0.143. The van der Waals surface area contributed by atoms with Gasteiger partial charge in [0, 0.05) is 8.04 Å². The Labute approximate surface area is 144 Å². The fourth-order valence-electron chi connectivity index (χ4n) is 1.94. The molecular formula is C14H12BrClFIN2. The zero-order chi connectivity index (χ0) is 14.7. The number of hydrazine groups is 1. The van der Waals surface area contributed by atoms with E-state index >= 15 is 0 Å². The highest BCUT2D eigenvalue weighted by Crippen LogP contribution is 2.28. The number of nitrogens with two attached hydrogens (primary N) is 1. The van der Waals surface area contributed by atoms with Gasteiger partial charge in [-0.1, -0.05) is 33.6 Å². The summed E-state index contributed by atoms with van der Waals surface area (Å²) >= 11 is 11.5. The highest BCUT2D eigenvalue weighted by molar-refractivity contribution is 14.1. The summed E-state index contributed by atoms with van der Waals surface area (Å²) in [7, 11) is 0. The topological polar surface area (TPSA) is 38.0 Å². The van der Waals surface area contributed by atoms with Crippen LogP contribution in [0.5, 0.6) is 0 Å². The molecule has 0 amide bonds. The van der Waals surface area contributed by atoms with Crippen molar-refractivity contribution in [1.82, 2.24) is 5.43 Å². The van der Waals surface area contributed by atoms with Crippen LogP contribution in [0.1, 0.15) is 17.2 Å². The predicted octanol–water partition coefficient (Wildman–Crippen LogP) is 4.59. The van der Waals surface area contributed by atoms with Crippen molar-refractivity contribution >= 4 is 50.1 Å². The first-order chi connectivity index (χ1) is 9.51. The largest absolute Gasteiger partial charge is 0.271 e. The minimum Gasteiger partial charge on any atom is -0.271 e. The van der Waals surface area contributed by atoms with Gasteiger partial charge in [0.1, 0.15) is 5.82 Å². The van der Waals surface area contributed by atoms with Crippen LogP contribution in [-0.2, 0) is 6.42 Å². The molecule has 1 atom stereocenters. The van der Waals surface area contributed by atoms with Crippen LogP contribution in [0.2, 0.25) is 5.02 Å². The van der Waals surface area contributed by atoms with Crippen molar-refractivity contribution in [2.24, 2.45) is 5.84 Å². The summed E-state index contributed by atoms with van der Waals surface area (Å²) in [5, 5.41) is 0.126. The van der Waals surface area contributed by atoms with Gasteiger partial charge in [-0.05, 0) is 70.5 Å². The molecule has 0 saturated carbocycles. The van der Waals surface area contributed by atoms with Crippen LogP contribution < -0.4 is 11.3 Å². The number of hydrogen-bond acceptors (Lipinski definition) is 2. The second kappa shape index (κ2) is 7.17. The molecule has 0 heterocycles. The molecule has 0 aliphatic carbocycles. The minimum atomic E-state index is -0.415. The molecule has 0 aromatic heterocycles. The first-order valence-corrected chi connectivity index (χ1v) is 8.11. The number of halogens is 4. The van der Waals surface area contributed by atoms with Gasteiger partial charge in [0.25, 0.3) is 0 Å². The molecule has 0 spiro atoms. The van der Waals surface area contributed by atoms with Crippen LogP contribution in [0.15, 0.2) is 40.9 Å². The first-order valence-electron chi connectivity index (χ1n) is 5.86. The summed E-state index contributed by atoms with van der Waals surface area (Å²) in [6.07, 6.45) is 0.573. The Kier molecular flexibility index (Phi) is 5.80. The maximum atomic E-state index is 13.5. The van der Waals surface area contributed by atoms with Gasteiger partial charge in [-0.25, -0.2) is 4.39 Å². The lowest BCUT2D eigenvalue weighted by molar-refractivity contribution is 0.546. The van der Waals surface area contributed by atoms with Gasteiger partial charge < -0.3 is 0 Å². The lowest BCUT2D eigenvalue weighted by Gasteiger charge is -2.18. The Morgan fingerprint density at radius 1 is 1.30 bits per heavy atom. The third-order valence-electron chi connectivity index (χ3n) is 2.96. The third kappa shape index (κ3) is 3.92. The van der Waals surface area contributed by atoms with Crippen LogP contribution in [0, 0.1) is 9.39 Å². The summed E-state index contributed by atoms with van der Waals surface area (Å²) in [5.74, 6) is 5.23. The van der Waals surface area contributed by atoms with Crippen LogP contribution in [0.25, 0.3) is 0 Å². The Bertz CT molecular complexity index is 624. The van der Waals surface area contributed by atoms with E-state index in [4.69, 9.17) is 17.4 Å². The third-order valence-corrected chi connectivity index (χ3v) is 4.66. The van der Waals surface area contributed by atoms with Crippen molar-refractivity contribution < 1.29 is 4.39 Å². The zero-order valence-electron chi connectivity index (χ0n) is 10.3. The maximum absolute atomic E-state index is 13.5. The van der Waals surface area contributed by atoms with Crippen molar-refractivity contribution in [3.05, 3.63) is 66.4 Å². The van der Waals surface area contributed by atoms with Crippen molar-refractivity contribution in [3.8, 4) is 0 Å². The van der Waals surface area contributed by atoms with E-state index in [-0.39, 0.29) is 11.1 Å². The monoisotopic (exact) mass is 468 g/mol. The Morgan fingerprint density at radius 3 is 2.70 bits per heavy atom. The summed E-state index contributed by atoms with van der Waals surface area (Å²) in [6, 6.07) is 10.7. The zero-order valence-corrected chi connectivity index (χ0v) is 14.8. The molecule has 0 fully saturated rings. The second-order valence-electron chi connectivity index (χ2n) is 4.34. The van der Waals surface area contributed by atoms with E-state index in [1.165, 1.54) is 6.07 Å². The minimum absolute atomic E-state index is 0.111. The van der Waals surface area contributed by atoms with E-state index in [9.17, 15) is 4.39 Å². The number of hydrogen-bond donors (Lipinski definition) is 2. The van der Waals surface area contributed by atoms with E-state index in [1.54, 1.807) is 12.1 Å². The van der Waals surface area contributed by atoms with Crippen molar-refractivity contribution in [2.45, 2.75) is 12.5 Å². The second-order valence-corrected chi connectivity index (χ2v) is 6.84. The summed E-state index contributed by atoms with van der Waals surface area (Å²) < 4.78 is 15.6. The summed E-state index contributed by atoms with van der Waals surface area (Å²) in [6.45, 7) is 0. The Hall–Kier alpha value is -0.210.